The van der Waals surface area contributed by atoms with Crippen LogP contribution in [-0.4, -0.2) is 40.1 Å². The number of rotatable bonds is 5. The normalized spacial score (nSPS) is 16.9. The van der Waals surface area contributed by atoms with Crippen LogP contribution in [0.5, 0.6) is 0 Å². The lowest BCUT2D eigenvalue weighted by molar-refractivity contribution is -0.121. The SMILES string of the molecule is O=C(Cn1ccc(=O)c2ccccc21)NC[C@@H]1CCCN(c2ncccn2)C1. The van der Waals surface area contributed by atoms with E-state index in [1.54, 1.807) is 24.7 Å². The van der Waals surface area contributed by atoms with Crippen molar-refractivity contribution in [3.63, 3.8) is 0 Å². The van der Waals surface area contributed by atoms with Gasteiger partial charge in [0.15, 0.2) is 5.43 Å². The lowest BCUT2D eigenvalue weighted by Gasteiger charge is -2.32. The first kappa shape index (κ1) is 18.2. The summed E-state index contributed by atoms with van der Waals surface area (Å²) in [5, 5.41) is 3.68. The summed E-state index contributed by atoms with van der Waals surface area (Å²) in [6.45, 7) is 2.60. The molecule has 3 heterocycles. The zero-order chi connectivity index (χ0) is 19.3. The molecule has 1 aliphatic heterocycles. The third-order valence-corrected chi connectivity index (χ3v) is 5.14. The van der Waals surface area contributed by atoms with Crippen LogP contribution < -0.4 is 15.6 Å². The largest absolute Gasteiger partial charge is 0.354 e. The summed E-state index contributed by atoms with van der Waals surface area (Å²) in [6, 6.07) is 10.7. The van der Waals surface area contributed by atoms with Crippen LogP contribution in [0.3, 0.4) is 0 Å². The van der Waals surface area contributed by atoms with Gasteiger partial charge in [-0.05, 0) is 37.0 Å². The molecule has 7 nitrogen and oxygen atoms in total. The molecule has 1 aliphatic rings. The topological polar surface area (TPSA) is 80.1 Å². The van der Waals surface area contributed by atoms with Crippen molar-refractivity contribution in [1.82, 2.24) is 19.9 Å². The van der Waals surface area contributed by atoms with Crippen molar-refractivity contribution in [2.24, 2.45) is 5.92 Å². The first-order valence-electron chi connectivity index (χ1n) is 9.57. The fourth-order valence-corrected chi connectivity index (χ4v) is 3.73. The number of hydrogen-bond donors (Lipinski definition) is 1. The number of carbonyl (C=O) groups excluding carboxylic acids is 1. The van der Waals surface area contributed by atoms with E-state index in [9.17, 15) is 9.59 Å². The number of nitrogens with zero attached hydrogens (tertiary/aromatic N) is 4. The third-order valence-electron chi connectivity index (χ3n) is 5.14. The number of para-hydroxylation sites is 1. The van der Waals surface area contributed by atoms with Crippen LogP contribution in [0.25, 0.3) is 10.9 Å². The number of benzene rings is 1. The minimum Gasteiger partial charge on any atom is -0.354 e. The molecule has 1 aromatic carbocycles. The van der Waals surface area contributed by atoms with Gasteiger partial charge in [-0.25, -0.2) is 9.97 Å². The summed E-state index contributed by atoms with van der Waals surface area (Å²) in [4.78, 5) is 35.3. The molecule has 0 radical (unpaired) electrons. The molecule has 3 aromatic rings. The molecule has 1 atom stereocenters. The quantitative estimate of drug-likeness (QED) is 0.734. The van der Waals surface area contributed by atoms with E-state index in [4.69, 9.17) is 0 Å². The Kier molecular flexibility index (Phi) is 5.32. The smallest absolute Gasteiger partial charge is 0.239 e. The van der Waals surface area contributed by atoms with Crippen LogP contribution >= 0.6 is 0 Å². The van der Waals surface area contributed by atoms with Gasteiger partial charge in [0.05, 0.1) is 5.52 Å². The van der Waals surface area contributed by atoms with Crippen molar-refractivity contribution >= 4 is 22.8 Å². The summed E-state index contributed by atoms with van der Waals surface area (Å²) < 4.78 is 1.82. The fraction of sp³-hybridized carbons (Fsp3) is 0.333. The highest BCUT2D eigenvalue weighted by Gasteiger charge is 2.22. The lowest BCUT2D eigenvalue weighted by atomic mass is 9.98. The number of nitrogens with one attached hydrogen (secondary N) is 1. The zero-order valence-electron chi connectivity index (χ0n) is 15.6. The minimum absolute atomic E-state index is 0.0299. The highest BCUT2D eigenvalue weighted by atomic mass is 16.2. The molecule has 144 valence electrons. The molecule has 4 rings (SSSR count). The van der Waals surface area contributed by atoms with Gasteiger partial charge in [-0.1, -0.05) is 12.1 Å². The summed E-state index contributed by atoms with van der Waals surface area (Å²) in [7, 11) is 0. The Labute approximate surface area is 163 Å². The highest BCUT2D eigenvalue weighted by molar-refractivity contribution is 5.82. The molecule has 1 amide bonds. The summed E-state index contributed by atoms with van der Waals surface area (Å²) in [5.74, 6) is 1.06. The number of carbonyl (C=O) groups is 1. The van der Waals surface area contributed by atoms with Crippen molar-refractivity contribution in [3.05, 3.63) is 65.2 Å². The maximum atomic E-state index is 12.5. The maximum absolute atomic E-state index is 12.5. The van der Waals surface area contributed by atoms with E-state index < -0.39 is 0 Å². The van der Waals surface area contributed by atoms with Crippen LogP contribution in [0, 0.1) is 5.92 Å². The fourth-order valence-electron chi connectivity index (χ4n) is 3.73. The predicted molar refractivity (Wildman–Crippen MR) is 108 cm³/mol. The second-order valence-corrected chi connectivity index (χ2v) is 7.13. The van der Waals surface area contributed by atoms with Crippen LogP contribution in [0.1, 0.15) is 12.8 Å². The van der Waals surface area contributed by atoms with Crippen molar-refractivity contribution in [3.8, 4) is 0 Å². The van der Waals surface area contributed by atoms with Gasteiger partial charge in [0, 0.05) is 49.7 Å². The Morgan fingerprint density at radius 3 is 2.82 bits per heavy atom. The van der Waals surface area contributed by atoms with E-state index in [0.717, 1.165) is 37.4 Å². The zero-order valence-corrected chi connectivity index (χ0v) is 15.6. The van der Waals surface area contributed by atoms with Crippen LogP contribution in [0.15, 0.2) is 59.8 Å². The van der Waals surface area contributed by atoms with E-state index in [1.165, 1.54) is 6.07 Å². The molecule has 0 saturated carbocycles. The Bertz CT molecular complexity index is 1020. The summed E-state index contributed by atoms with van der Waals surface area (Å²) in [6.07, 6.45) is 7.32. The van der Waals surface area contributed by atoms with Crippen LogP contribution in [0.2, 0.25) is 0 Å². The van der Waals surface area contributed by atoms with Gasteiger partial charge in [0.2, 0.25) is 11.9 Å². The standard InChI is InChI=1S/C21H23N5O2/c27-19-8-12-25(18-7-2-1-6-17(18)19)15-20(28)24-13-16-5-3-11-26(14-16)21-22-9-4-10-23-21/h1-2,4,6-10,12,16H,3,5,11,13-15H2,(H,24,28)/t16-/m0/s1. The maximum Gasteiger partial charge on any atom is 0.239 e. The highest BCUT2D eigenvalue weighted by Crippen LogP contribution is 2.19. The minimum atomic E-state index is -0.0538. The van der Waals surface area contributed by atoms with Crippen LogP contribution in [-0.2, 0) is 11.3 Å². The lowest BCUT2D eigenvalue weighted by Crippen LogP contribution is -2.42. The van der Waals surface area contributed by atoms with E-state index in [2.05, 4.69) is 20.2 Å². The average Bonchev–Trinajstić information content (AvgIpc) is 2.75. The van der Waals surface area contributed by atoms with E-state index >= 15 is 0 Å². The molecule has 0 unspecified atom stereocenters. The van der Waals surface area contributed by atoms with Gasteiger partial charge in [0.1, 0.15) is 6.54 Å². The summed E-state index contributed by atoms with van der Waals surface area (Å²) in [5.41, 5.74) is 0.743. The molecule has 1 fully saturated rings. The Hall–Kier alpha value is -3.22. The molecule has 2 aromatic heterocycles. The average molecular weight is 377 g/mol. The van der Waals surface area contributed by atoms with E-state index in [1.807, 2.05) is 28.8 Å². The number of hydrogen-bond acceptors (Lipinski definition) is 5. The van der Waals surface area contributed by atoms with Crippen molar-refractivity contribution in [1.29, 1.82) is 0 Å². The van der Waals surface area contributed by atoms with Gasteiger partial charge < -0.3 is 14.8 Å². The number of aromatic nitrogens is 3. The molecule has 0 bridgehead atoms. The molecule has 1 saturated heterocycles. The van der Waals surface area contributed by atoms with Gasteiger partial charge >= 0.3 is 0 Å². The van der Waals surface area contributed by atoms with Crippen molar-refractivity contribution < 1.29 is 4.79 Å². The van der Waals surface area contributed by atoms with Crippen LogP contribution in [0.4, 0.5) is 5.95 Å². The van der Waals surface area contributed by atoms with Gasteiger partial charge in [-0.2, -0.15) is 0 Å². The molecular weight excluding hydrogens is 354 g/mol. The Morgan fingerprint density at radius 1 is 1.14 bits per heavy atom. The van der Waals surface area contributed by atoms with Gasteiger partial charge in [0.25, 0.3) is 0 Å². The van der Waals surface area contributed by atoms with E-state index in [0.29, 0.717) is 17.8 Å². The van der Waals surface area contributed by atoms with E-state index in [-0.39, 0.29) is 17.9 Å². The Balaban J connectivity index is 1.36. The number of amides is 1. The Morgan fingerprint density at radius 2 is 1.96 bits per heavy atom. The number of pyridine rings is 1. The van der Waals surface area contributed by atoms with Crippen molar-refractivity contribution in [2.75, 3.05) is 24.5 Å². The number of piperidine rings is 1. The second kappa shape index (κ2) is 8.21. The van der Waals surface area contributed by atoms with Gasteiger partial charge in [-0.3, -0.25) is 9.59 Å². The van der Waals surface area contributed by atoms with Crippen molar-refractivity contribution in [2.45, 2.75) is 19.4 Å². The molecule has 7 heteroatoms. The molecule has 0 aliphatic carbocycles. The monoisotopic (exact) mass is 377 g/mol. The third kappa shape index (κ3) is 4.03. The molecule has 28 heavy (non-hydrogen) atoms. The molecule has 1 N–H and O–H groups in total. The molecule has 0 spiro atoms. The number of anilines is 1. The first-order valence-corrected chi connectivity index (χ1v) is 9.57. The second-order valence-electron chi connectivity index (χ2n) is 7.13. The molecular formula is C21H23N5O2. The number of fused-ring (bicyclic) bond motifs is 1. The summed E-state index contributed by atoms with van der Waals surface area (Å²) >= 11 is 0. The predicted octanol–water partition coefficient (Wildman–Crippen LogP) is 1.82. The first-order chi connectivity index (χ1) is 13.7. The van der Waals surface area contributed by atoms with Gasteiger partial charge in [-0.15, -0.1) is 0 Å².